The van der Waals surface area contributed by atoms with Crippen LogP contribution in [-0.4, -0.2) is 6.54 Å². The molecule has 0 amide bonds. The van der Waals surface area contributed by atoms with Crippen LogP contribution >= 0.6 is 34.2 Å². The van der Waals surface area contributed by atoms with Crippen LogP contribution < -0.4 is 10.1 Å². The summed E-state index contributed by atoms with van der Waals surface area (Å²) in [6.07, 6.45) is 0. The quantitative estimate of drug-likeness (QED) is 0.741. The summed E-state index contributed by atoms with van der Waals surface area (Å²) in [5, 5.41) is 3.90. The van der Waals surface area contributed by atoms with Crippen LogP contribution in [-0.2, 0) is 6.54 Å². The summed E-state index contributed by atoms with van der Waals surface area (Å²) in [5.74, 6) is 1.48. The van der Waals surface area contributed by atoms with E-state index in [2.05, 4.69) is 34.8 Å². The molecule has 19 heavy (non-hydrogen) atoms. The number of hydrogen-bond acceptors (Lipinski definition) is 2. The Morgan fingerprint density at radius 3 is 2.74 bits per heavy atom. The average molecular weight is 388 g/mol. The Morgan fingerprint density at radius 1 is 1.21 bits per heavy atom. The predicted molar refractivity (Wildman–Crippen MR) is 88.1 cm³/mol. The van der Waals surface area contributed by atoms with E-state index in [0.29, 0.717) is 10.8 Å². The van der Waals surface area contributed by atoms with Crippen molar-refractivity contribution >= 4 is 34.2 Å². The van der Waals surface area contributed by atoms with E-state index in [-0.39, 0.29) is 0 Å². The van der Waals surface area contributed by atoms with Crippen LogP contribution in [0.3, 0.4) is 0 Å². The van der Waals surface area contributed by atoms with Gasteiger partial charge in [-0.15, -0.1) is 0 Å². The van der Waals surface area contributed by atoms with Gasteiger partial charge in [-0.25, -0.2) is 0 Å². The van der Waals surface area contributed by atoms with Gasteiger partial charge < -0.3 is 10.1 Å². The molecule has 0 spiro atoms. The summed E-state index contributed by atoms with van der Waals surface area (Å²) in [5.41, 5.74) is 1.15. The van der Waals surface area contributed by atoms with Gasteiger partial charge in [-0.3, -0.25) is 0 Å². The van der Waals surface area contributed by atoms with Gasteiger partial charge in [-0.1, -0.05) is 30.7 Å². The van der Waals surface area contributed by atoms with Crippen molar-refractivity contribution in [2.24, 2.45) is 0 Å². The Labute approximate surface area is 132 Å². The van der Waals surface area contributed by atoms with Gasteiger partial charge in [0.15, 0.2) is 0 Å². The third-order valence-corrected chi connectivity index (χ3v) is 3.57. The summed E-state index contributed by atoms with van der Waals surface area (Å²) < 4.78 is 6.93. The third kappa shape index (κ3) is 4.37. The number of nitrogens with one attached hydrogen (secondary N) is 1. The zero-order chi connectivity index (χ0) is 13.7. The van der Waals surface area contributed by atoms with Crippen LogP contribution in [0.1, 0.15) is 12.5 Å². The smallest absolute Gasteiger partial charge is 0.146 e. The molecule has 0 aliphatic heterocycles. The van der Waals surface area contributed by atoms with Crippen molar-refractivity contribution in [3.05, 3.63) is 56.6 Å². The van der Waals surface area contributed by atoms with E-state index in [4.69, 9.17) is 16.3 Å². The highest BCUT2D eigenvalue weighted by atomic mass is 127. The van der Waals surface area contributed by atoms with Gasteiger partial charge in [0, 0.05) is 10.1 Å². The first-order chi connectivity index (χ1) is 9.19. The topological polar surface area (TPSA) is 21.3 Å². The van der Waals surface area contributed by atoms with Gasteiger partial charge in [-0.2, -0.15) is 0 Å². The Hall–Kier alpha value is -0.780. The van der Waals surface area contributed by atoms with E-state index in [1.54, 1.807) is 0 Å². The average Bonchev–Trinajstić information content (AvgIpc) is 2.39. The fourth-order valence-corrected chi connectivity index (χ4v) is 2.42. The minimum atomic E-state index is 0.634. The summed E-state index contributed by atoms with van der Waals surface area (Å²) in [4.78, 5) is 0. The molecular formula is C15H15ClINO. The second-order valence-corrected chi connectivity index (χ2v) is 5.76. The second kappa shape index (κ2) is 7.12. The molecule has 2 aromatic rings. The van der Waals surface area contributed by atoms with Gasteiger partial charge in [-0.05, 0) is 65.0 Å². The Balaban J connectivity index is 2.13. The van der Waals surface area contributed by atoms with Crippen LogP contribution in [0.4, 0.5) is 0 Å². The van der Waals surface area contributed by atoms with Crippen molar-refractivity contribution in [2.45, 2.75) is 13.5 Å². The Morgan fingerprint density at radius 2 is 2.05 bits per heavy atom. The van der Waals surface area contributed by atoms with Gasteiger partial charge in [0.25, 0.3) is 0 Å². The molecule has 0 heterocycles. The largest absolute Gasteiger partial charge is 0.456 e. The molecule has 0 aliphatic carbocycles. The molecular weight excluding hydrogens is 373 g/mol. The molecule has 0 unspecified atom stereocenters. The van der Waals surface area contributed by atoms with E-state index >= 15 is 0 Å². The lowest BCUT2D eigenvalue weighted by molar-refractivity contribution is 0.482. The standard InChI is InChI=1S/C15H15ClINO/c1-2-18-10-11-6-7-15(14(16)8-11)19-13-5-3-4-12(17)9-13/h3-9,18H,2,10H2,1H3. The first-order valence-electron chi connectivity index (χ1n) is 6.11. The van der Waals surface area contributed by atoms with Crippen molar-refractivity contribution in [3.63, 3.8) is 0 Å². The highest BCUT2D eigenvalue weighted by molar-refractivity contribution is 14.1. The lowest BCUT2D eigenvalue weighted by atomic mass is 10.2. The van der Waals surface area contributed by atoms with Crippen molar-refractivity contribution in [1.82, 2.24) is 5.32 Å². The minimum Gasteiger partial charge on any atom is -0.456 e. The Bertz CT molecular complexity index is 560. The molecule has 0 saturated heterocycles. The number of rotatable bonds is 5. The monoisotopic (exact) mass is 387 g/mol. The zero-order valence-corrected chi connectivity index (χ0v) is 13.5. The maximum atomic E-state index is 6.24. The predicted octanol–water partition coefficient (Wildman–Crippen LogP) is 4.85. The van der Waals surface area contributed by atoms with E-state index in [0.717, 1.165) is 28.0 Å². The Kier molecular flexibility index (Phi) is 5.48. The van der Waals surface area contributed by atoms with Crippen LogP contribution in [0.15, 0.2) is 42.5 Å². The molecule has 0 saturated carbocycles. The lowest BCUT2D eigenvalue weighted by Crippen LogP contribution is -2.11. The minimum absolute atomic E-state index is 0.634. The van der Waals surface area contributed by atoms with Gasteiger partial charge in [0.2, 0.25) is 0 Å². The lowest BCUT2D eigenvalue weighted by Gasteiger charge is -2.09. The third-order valence-electron chi connectivity index (χ3n) is 2.60. The molecule has 2 aromatic carbocycles. The fourth-order valence-electron chi connectivity index (χ4n) is 1.66. The summed E-state index contributed by atoms with van der Waals surface area (Å²) in [6, 6.07) is 13.8. The van der Waals surface area contributed by atoms with E-state index in [9.17, 15) is 0 Å². The summed E-state index contributed by atoms with van der Waals surface area (Å²) in [7, 11) is 0. The SMILES string of the molecule is CCNCc1ccc(Oc2cccc(I)c2)c(Cl)c1. The molecule has 0 aromatic heterocycles. The maximum absolute atomic E-state index is 6.24. The molecule has 0 aliphatic rings. The first-order valence-corrected chi connectivity index (χ1v) is 7.57. The highest BCUT2D eigenvalue weighted by Gasteiger charge is 2.05. The molecule has 2 rings (SSSR count). The zero-order valence-electron chi connectivity index (χ0n) is 10.6. The van der Waals surface area contributed by atoms with E-state index < -0.39 is 0 Å². The number of halogens is 2. The van der Waals surface area contributed by atoms with Crippen LogP contribution in [0.25, 0.3) is 0 Å². The van der Waals surface area contributed by atoms with Crippen molar-refractivity contribution in [2.75, 3.05) is 6.54 Å². The van der Waals surface area contributed by atoms with E-state index in [1.165, 1.54) is 0 Å². The molecule has 0 radical (unpaired) electrons. The van der Waals surface area contributed by atoms with Crippen molar-refractivity contribution < 1.29 is 4.74 Å². The molecule has 0 bridgehead atoms. The van der Waals surface area contributed by atoms with Gasteiger partial charge >= 0.3 is 0 Å². The number of hydrogen-bond donors (Lipinski definition) is 1. The van der Waals surface area contributed by atoms with Crippen molar-refractivity contribution in [3.8, 4) is 11.5 Å². The normalized spacial score (nSPS) is 10.5. The van der Waals surface area contributed by atoms with Gasteiger partial charge in [0.05, 0.1) is 5.02 Å². The van der Waals surface area contributed by atoms with E-state index in [1.807, 2.05) is 42.5 Å². The molecule has 1 N–H and O–H groups in total. The van der Waals surface area contributed by atoms with Gasteiger partial charge in [0.1, 0.15) is 11.5 Å². The van der Waals surface area contributed by atoms with Crippen LogP contribution in [0.5, 0.6) is 11.5 Å². The molecule has 4 heteroatoms. The maximum Gasteiger partial charge on any atom is 0.146 e. The molecule has 2 nitrogen and oxygen atoms in total. The number of ether oxygens (including phenoxy) is 1. The van der Waals surface area contributed by atoms with Crippen LogP contribution in [0.2, 0.25) is 5.02 Å². The van der Waals surface area contributed by atoms with Crippen molar-refractivity contribution in [1.29, 1.82) is 0 Å². The molecule has 0 fully saturated rings. The molecule has 100 valence electrons. The number of benzene rings is 2. The summed E-state index contributed by atoms with van der Waals surface area (Å²) >= 11 is 8.50. The summed E-state index contributed by atoms with van der Waals surface area (Å²) in [6.45, 7) is 3.84. The van der Waals surface area contributed by atoms with Crippen LogP contribution in [0, 0.1) is 3.57 Å². The fraction of sp³-hybridized carbons (Fsp3) is 0.200. The second-order valence-electron chi connectivity index (χ2n) is 4.10. The highest BCUT2D eigenvalue weighted by Crippen LogP contribution is 2.30. The molecule has 0 atom stereocenters. The first kappa shape index (κ1) is 14.6.